The Labute approximate surface area is 458 Å². The molecular weight excluding hydrogens is 1040 g/mol. The Morgan fingerprint density at radius 2 is 1.10 bits per heavy atom. The minimum atomic E-state index is -1.32. The number of hydrogen-bond acceptors (Lipinski definition) is 17. The molecule has 0 spiro atoms. The Hall–Kier alpha value is -5.43. The number of anilines is 2. The van der Waals surface area contributed by atoms with Crippen LogP contribution in [0.4, 0.5) is 16.4 Å². The van der Waals surface area contributed by atoms with Crippen molar-refractivity contribution in [2.45, 2.75) is 128 Å². The van der Waals surface area contributed by atoms with Crippen LogP contribution >= 0.6 is 13.8 Å². The van der Waals surface area contributed by atoms with Crippen LogP contribution in [-0.2, 0) is 28.5 Å². The lowest BCUT2D eigenvalue weighted by Crippen LogP contribution is -2.36. The van der Waals surface area contributed by atoms with Crippen LogP contribution in [-0.4, -0.2) is 171 Å². The summed E-state index contributed by atoms with van der Waals surface area (Å²) in [7, 11) is 0. The van der Waals surface area contributed by atoms with Crippen molar-refractivity contribution in [1.29, 1.82) is 0 Å². The molecule has 10 atom stereocenters. The maximum Gasteiger partial charge on any atom is 0.516 e. The standard InChI is InChI=1S/C35H45N4O7P.C20H35N4O5P.CH4/c1-22(33(42)46-35(43)44-21-27-25-14-7-5-12-23(25)24-13-6-8-15-26(24)27)11-9-10-18-37-34-38-29(36)16-19-39(34)32-31(41)30(40)28(45-32)17-20-47(2,3)4;1-13(19(27)28)7-5-6-10-22-20-23-15(21)8-11-24(20)18-17(26)16(25)14(29-18)9-12-30(2,3)4;/h5-8,12-16,19,22,27-28,30-32,40-41H,2,9-11,17-18,20-21H2,1,3-4H3,(H2,36,37,38);8,11,13-14,16-18,25-26H,2,5-7,9-10,12H2,1,3-4H3,(H,27,28)(H2,21,22,23);1H4/t22?,28-,30-,31-,32?;13?,14-,16-,17-,18?;/m11./s1. The lowest BCUT2D eigenvalue weighted by molar-refractivity contribution is -0.144. The summed E-state index contributed by atoms with van der Waals surface area (Å²) in [5.41, 5.74) is 16.7. The number of ether oxygens (including phenoxy) is 4. The average molecular weight is 1120 g/mol. The number of carboxylic acids is 1. The van der Waals surface area contributed by atoms with E-state index in [4.69, 9.17) is 35.5 Å². The molecule has 4 heterocycles. The van der Waals surface area contributed by atoms with Crippen molar-refractivity contribution in [3.8, 4) is 11.1 Å². The van der Waals surface area contributed by atoms with E-state index in [1.165, 1.54) is 0 Å². The van der Waals surface area contributed by atoms with Crippen molar-refractivity contribution in [1.82, 2.24) is 19.1 Å². The van der Waals surface area contributed by atoms with E-state index in [1.54, 1.807) is 47.5 Å². The van der Waals surface area contributed by atoms with E-state index in [0.717, 1.165) is 41.0 Å². The van der Waals surface area contributed by atoms with E-state index in [2.05, 4.69) is 71.3 Å². The first-order valence-corrected chi connectivity index (χ1v) is 32.4. The van der Waals surface area contributed by atoms with Crippen molar-refractivity contribution < 1.29 is 58.9 Å². The summed E-state index contributed by atoms with van der Waals surface area (Å²) in [5.74, 6) is -1.91. The summed E-state index contributed by atoms with van der Waals surface area (Å²) < 4.78 is 25.6. The molecule has 4 aromatic rings. The molecule has 9 N–H and O–H groups in total. The molecule has 0 amide bonds. The molecule has 20 nitrogen and oxygen atoms in total. The van der Waals surface area contributed by atoms with E-state index in [9.17, 15) is 34.8 Å². The minimum absolute atomic E-state index is 0. The summed E-state index contributed by atoms with van der Waals surface area (Å²) in [5, 5.41) is 51.4. The third-order valence-electron chi connectivity index (χ3n) is 13.9. The topological polar surface area (TPSA) is 302 Å². The summed E-state index contributed by atoms with van der Waals surface area (Å²) in [6, 6.07) is 19.2. The van der Waals surface area contributed by atoms with Gasteiger partial charge in [0.1, 0.15) is 42.7 Å². The second kappa shape index (κ2) is 28.6. The molecule has 3 aliphatic rings. The molecule has 2 fully saturated rings. The first kappa shape index (κ1) is 63.4. The maximum atomic E-state index is 12.6. The fourth-order valence-corrected chi connectivity index (χ4v) is 11.3. The lowest BCUT2D eigenvalue weighted by Gasteiger charge is -2.19. The number of fused-ring (bicyclic) bond motifs is 3. The van der Waals surface area contributed by atoms with Crippen LogP contribution in [0.3, 0.4) is 0 Å². The third-order valence-corrected chi connectivity index (χ3v) is 16.9. The van der Waals surface area contributed by atoms with Crippen LogP contribution in [0.15, 0.2) is 83.0 Å². The Kier molecular flexibility index (Phi) is 23.3. The van der Waals surface area contributed by atoms with Crippen LogP contribution in [0.2, 0.25) is 0 Å². The number of nitrogens with two attached hydrogens (primary N) is 2. The van der Waals surface area contributed by atoms with Gasteiger partial charge in [-0.2, -0.15) is 9.97 Å². The Morgan fingerprint density at radius 3 is 1.53 bits per heavy atom. The van der Waals surface area contributed by atoms with Crippen LogP contribution in [0.5, 0.6) is 0 Å². The summed E-state index contributed by atoms with van der Waals surface area (Å²) >= 11 is 0. The number of esters is 1. The minimum Gasteiger partial charge on any atom is -0.481 e. The van der Waals surface area contributed by atoms with E-state index in [0.29, 0.717) is 63.7 Å². The number of aliphatic carboxylic acids is 1. The predicted octanol–water partition coefficient (Wildman–Crippen LogP) is 5.99. The first-order chi connectivity index (χ1) is 36.4. The number of carbonyl (C=O) groups is 3. The molecule has 7 rings (SSSR count). The smallest absolute Gasteiger partial charge is 0.481 e. The number of rotatable bonds is 22. The van der Waals surface area contributed by atoms with Gasteiger partial charge in [0.2, 0.25) is 11.2 Å². The van der Waals surface area contributed by atoms with E-state index < -0.39 is 86.9 Å². The lowest BCUT2D eigenvalue weighted by atomic mass is 9.98. The van der Waals surface area contributed by atoms with Crippen LogP contribution in [0.1, 0.15) is 102 Å². The monoisotopic (exact) mass is 1120 g/mol. The zero-order chi connectivity index (χ0) is 56.2. The highest BCUT2D eigenvalue weighted by Crippen LogP contribution is 2.45. The number of carbonyl (C=O) groups excluding carboxylic acids is 2. The quantitative estimate of drug-likeness (QED) is 0.0206. The molecule has 2 aliphatic heterocycles. The molecule has 2 aromatic heterocycles. The molecular formula is C56H84N8O12P2. The molecule has 430 valence electrons. The highest BCUT2D eigenvalue weighted by Gasteiger charge is 2.45. The number of carboxylic acid groups (broad SMARTS) is 1. The second-order valence-electron chi connectivity index (χ2n) is 21.7. The van der Waals surface area contributed by atoms with Crippen LogP contribution < -0.4 is 22.7 Å². The molecule has 78 heavy (non-hydrogen) atoms. The number of aliphatic hydroxyl groups is 4. The normalized spacial score (nSPS) is 23.1. The van der Waals surface area contributed by atoms with E-state index >= 15 is 0 Å². The zero-order valence-electron chi connectivity index (χ0n) is 45.2. The number of unbranched alkanes of at least 4 members (excludes halogenated alkanes) is 2. The Balaban J connectivity index is 0.000000313. The van der Waals surface area contributed by atoms with Crippen LogP contribution in [0, 0.1) is 11.8 Å². The summed E-state index contributed by atoms with van der Waals surface area (Å²) in [6.45, 7) is 10.2. The van der Waals surface area contributed by atoms with Gasteiger partial charge in [0.25, 0.3) is 0 Å². The van der Waals surface area contributed by atoms with E-state index in [-0.39, 0.29) is 43.1 Å². The third kappa shape index (κ3) is 17.5. The number of aliphatic hydroxyl groups excluding tert-OH is 4. The van der Waals surface area contributed by atoms with Gasteiger partial charge in [0.05, 0.1) is 24.0 Å². The van der Waals surface area contributed by atoms with Crippen molar-refractivity contribution in [3.05, 3.63) is 95.4 Å². The van der Waals surface area contributed by atoms with Crippen molar-refractivity contribution in [2.24, 2.45) is 21.8 Å². The molecule has 4 unspecified atom stereocenters. The van der Waals surface area contributed by atoms with Crippen molar-refractivity contribution in [3.63, 3.8) is 0 Å². The molecule has 0 saturated carbocycles. The van der Waals surface area contributed by atoms with Gasteiger partial charge in [-0.3, -0.25) is 28.7 Å². The predicted molar refractivity (Wildman–Crippen MR) is 308 cm³/mol. The first-order valence-electron chi connectivity index (χ1n) is 26.3. The SMILES string of the molecule is C.C=P(C)(C)CC[C@H]1OC(n2ccc(N)nc2=NCCCCC(C)C(=O)O)[C@H](O)[C@@H]1O.C=P(C)(C)CC[C@H]1OC(n2ccc(N)nc2=NCCCCC(C)C(=O)OC(=O)OCC2c3ccccc3-c3ccccc32)[C@H](O)[C@@H]1O. The molecule has 0 radical (unpaired) electrons. The largest absolute Gasteiger partial charge is 0.516 e. The number of hydrogen-bond donors (Lipinski definition) is 7. The summed E-state index contributed by atoms with van der Waals surface area (Å²) in [6.07, 6.45) is 10.4. The van der Waals surface area contributed by atoms with Crippen molar-refractivity contribution >= 4 is 56.1 Å². The van der Waals surface area contributed by atoms with Gasteiger partial charge in [-0.25, -0.2) is 4.79 Å². The van der Waals surface area contributed by atoms with Crippen molar-refractivity contribution in [2.75, 3.05) is 70.1 Å². The Bertz CT molecular complexity index is 2860. The molecule has 2 aromatic carbocycles. The van der Waals surface area contributed by atoms with Gasteiger partial charge >= 0.3 is 18.1 Å². The fraction of sp³-hybridized carbons (Fsp3) is 0.554. The van der Waals surface area contributed by atoms with Gasteiger partial charge in [0, 0.05) is 31.4 Å². The Morgan fingerprint density at radius 1 is 0.679 bits per heavy atom. The maximum absolute atomic E-state index is 12.6. The highest BCUT2D eigenvalue weighted by atomic mass is 31.2. The molecule has 1 aliphatic carbocycles. The number of nitrogens with zero attached hydrogens (tertiary/aromatic N) is 6. The molecule has 0 bridgehead atoms. The van der Waals surface area contributed by atoms with Gasteiger partial charge in [0.15, 0.2) is 12.5 Å². The second-order valence-corrected chi connectivity index (χ2v) is 30.3. The number of nitrogen functional groups attached to an aromatic ring is 2. The van der Waals surface area contributed by atoms with Gasteiger partial charge in [-0.15, -0.1) is 26.4 Å². The number of benzene rings is 2. The van der Waals surface area contributed by atoms with Gasteiger partial charge < -0.3 is 55.9 Å². The molecule has 22 heteroatoms. The van der Waals surface area contributed by atoms with Gasteiger partial charge in [-0.1, -0.05) is 82.6 Å². The fourth-order valence-electron chi connectivity index (χ4n) is 9.37. The highest BCUT2D eigenvalue weighted by molar-refractivity contribution is 7.72. The average Bonchev–Trinajstić information content (AvgIpc) is 4.04. The van der Waals surface area contributed by atoms with Gasteiger partial charge in [-0.05, 0) is 112 Å². The molecule has 2 saturated heterocycles. The zero-order valence-corrected chi connectivity index (χ0v) is 47.0. The summed E-state index contributed by atoms with van der Waals surface area (Å²) in [4.78, 5) is 53.6. The van der Waals surface area contributed by atoms with Crippen LogP contribution in [0.25, 0.3) is 11.1 Å². The number of aromatic nitrogens is 4. The van der Waals surface area contributed by atoms with E-state index in [1.807, 2.05) is 36.4 Å².